The molecule has 2 atom stereocenters. The van der Waals surface area contributed by atoms with E-state index < -0.39 is 6.09 Å². The summed E-state index contributed by atoms with van der Waals surface area (Å²) in [5.74, 6) is 0.666. The number of nitrogens with zero attached hydrogens (tertiary/aromatic N) is 2. The van der Waals surface area contributed by atoms with Crippen LogP contribution in [0.4, 0.5) is 4.79 Å². The number of hydrogen-bond acceptors (Lipinski definition) is 2. The van der Waals surface area contributed by atoms with Crippen molar-refractivity contribution in [3.63, 3.8) is 0 Å². The van der Waals surface area contributed by atoms with Crippen molar-refractivity contribution >= 4 is 16.9 Å². The monoisotopic (exact) mass is 326 g/mol. The molecular formula is C19H22N2O3. The van der Waals surface area contributed by atoms with Crippen molar-refractivity contribution < 1.29 is 9.90 Å². The molecule has 1 aromatic heterocycles. The van der Waals surface area contributed by atoms with E-state index in [-0.39, 0.29) is 17.6 Å². The highest BCUT2D eigenvalue weighted by atomic mass is 16.4. The summed E-state index contributed by atoms with van der Waals surface area (Å²) in [6.45, 7) is 2.44. The van der Waals surface area contributed by atoms with Gasteiger partial charge in [-0.1, -0.05) is 12.1 Å². The second-order valence-corrected chi connectivity index (χ2v) is 7.08. The molecule has 1 aliphatic heterocycles. The largest absolute Gasteiger partial charge is 0.465 e. The van der Waals surface area contributed by atoms with Gasteiger partial charge in [0.25, 0.3) is 5.56 Å². The van der Waals surface area contributed by atoms with Gasteiger partial charge in [0.2, 0.25) is 0 Å². The molecule has 2 aliphatic rings. The fourth-order valence-electron chi connectivity index (χ4n) is 3.98. The van der Waals surface area contributed by atoms with Crippen LogP contribution in [-0.2, 0) is 0 Å². The third-order valence-corrected chi connectivity index (χ3v) is 5.55. The summed E-state index contributed by atoms with van der Waals surface area (Å²) in [7, 11) is 0. The van der Waals surface area contributed by atoms with E-state index in [9.17, 15) is 14.7 Å². The summed E-state index contributed by atoms with van der Waals surface area (Å²) in [5, 5.41) is 11.1. The average Bonchev–Trinajstić information content (AvgIpc) is 3.40. The molecule has 2 fully saturated rings. The van der Waals surface area contributed by atoms with E-state index >= 15 is 0 Å². The first-order valence-electron chi connectivity index (χ1n) is 8.70. The SMILES string of the molecule is C[C@@H]1[C@H](n2ccc3cc(C4CC4)ccc3c2=O)CCCN1C(=O)O. The van der Waals surface area contributed by atoms with E-state index in [2.05, 4.69) is 12.1 Å². The lowest BCUT2D eigenvalue weighted by Gasteiger charge is -2.38. The highest BCUT2D eigenvalue weighted by molar-refractivity contribution is 5.82. The van der Waals surface area contributed by atoms with Gasteiger partial charge in [-0.05, 0) is 61.6 Å². The lowest BCUT2D eigenvalue weighted by Crippen LogP contribution is -2.48. The minimum atomic E-state index is -0.907. The Morgan fingerprint density at radius 3 is 2.71 bits per heavy atom. The molecule has 24 heavy (non-hydrogen) atoms. The number of hydrogen-bond donors (Lipinski definition) is 1. The summed E-state index contributed by atoms with van der Waals surface area (Å²) in [4.78, 5) is 25.8. The highest BCUT2D eigenvalue weighted by Gasteiger charge is 2.32. The van der Waals surface area contributed by atoms with Crippen LogP contribution in [0.2, 0.25) is 0 Å². The molecule has 5 heteroatoms. The van der Waals surface area contributed by atoms with Crippen LogP contribution >= 0.6 is 0 Å². The maximum absolute atomic E-state index is 12.9. The maximum atomic E-state index is 12.9. The molecule has 1 saturated carbocycles. The van der Waals surface area contributed by atoms with Crippen LogP contribution < -0.4 is 5.56 Å². The van der Waals surface area contributed by atoms with Gasteiger partial charge in [0.1, 0.15) is 0 Å². The van der Waals surface area contributed by atoms with Gasteiger partial charge in [0.05, 0.1) is 12.1 Å². The van der Waals surface area contributed by atoms with Gasteiger partial charge in [-0.25, -0.2) is 4.79 Å². The first-order chi connectivity index (χ1) is 11.6. The molecule has 5 nitrogen and oxygen atoms in total. The molecule has 1 aliphatic carbocycles. The van der Waals surface area contributed by atoms with Crippen LogP contribution in [0.15, 0.2) is 35.3 Å². The molecule has 0 spiro atoms. The Morgan fingerprint density at radius 1 is 1.21 bits per heavy atom. The Morgan fingerprint density at radius 2 is 2.00 bits per heavy atom. The summed E-state index contributed by atoms with van der Waals surface area (Å²) in [6.07, 6.45) is 5.03. The van der Waals surface area contributed by atoms with Gasteiger partial charge in [0, 0.05) is 18.1 Å². The van der Waals surface area contributed by atoms with E-state index in [1.54, 1.807) is 4.57 Å². The fourth-order valence-corrected chi connectivity index (χ4v) is 3.98. The van der Waals surface area contributed by atoms with E-state index in [0.29, 0.717) is 12.5 Å². The molecule has 2 aromatic rings. The molecule has 126 valence electrons. The number of aromatic nitrogens is 1. The normalized spacial score (nSPS) is 24.3. The van der Waals surface area contributed by atoms with Gasteiger partial charge in [-0.2, -0.15) is 0 Å². The predicted octanol–water partition coefficient (Wildman–Crippen LogP) is 3.58. The van der Waals surface area contributed by atoms with Gasteiger partial charge in [-0.3, -0.25) is 4.79 Å². The molecule has 0 unspecified atom stereocenters. The molecule has 0 radical (unpaired) electrons. The first-order valence-corrected chi connectivity index (χ1v) is 8.70. The van der Waals surface area contributed by atoms with Crippen molar-refractivity contribution in [2.75, 3.05) is 6.54 Å². The quantitative estimate of drug-likeness (QED) is 0.917. The highest BCUT2D eigenvalue weighted by Crippen LogP contribution is 2.40. The van der Waals surface area contributed by atoms with Crippen molar-refractivity contribution in [2.24, 2.45) is 0 Å². The molecule has 1 N–H and O–H groups in total. The van der Waals surface area contributed by atoms with Gasteiger partial charge < -0.3 is 14.6 Å². The number of benzene rings is 1. The summed E-state index contributed by atoms with van der Waals surface area (Å²) >= 11 is 0. The molecule has 2 heterocycles. The van der Waals surface area contributed by atoms with Gasteiger partial charge in [0.15, 0.2) is 0 Å². The Labute approximate surface area is 140 Å². The summed E-state index contributed by atoms with van der Waals surface area (Å²) in [5.41, 5.74) is 1.31. The van der Waals surface area contributed by atoms with Gasteiger partial charge in [-0.15, -0.1) is 0 Å². The number of rotatable bonds is 2. The average molecular weight is 326 g/mol. The standard InChI is InChI=1S/C19H22N2O3/c1-12-17(3-2-9-20(12)19(23)24)21-10-8-15-11-14(13-4-5-13)6-7-16(15)18(21)22/h6-8,10-13,17H,2-5,9H2,1H3,(H,23,24)/t12-,17-/m1/s1. The van der Waals surface area contributed by atoms with Crippen LogP contribution in [0, 0.1) is 0 Å². The number of carbonyl (C=O) groups is 1. The number of piperidine rings is 1. The zero-order valence-corrected chi connectivity index (χ0v) is 13.8. The smallest absolute Gasteiger partial charge is 0.407 e. The fraction of sp³-hybridized carbons (Fsp3) is 0.474. The topological polar surface area (TPSA) is 62.5 Å². The van der Waals surface area contributed by atoms with Crippen LogP contribution in [0.5, 0.6) is 0 Å². The van der Waals surface area contributed by atoms with Crippen LogP contribution in [-0.4, -0.2) is 33.3 Å². The molecule has 4 rings (SSSR count). The molecule has 0 bridgehead atoms. The molecule has 1 saturated heterocycles. The Bertz CT molecular complexity index is 853. The van der Waals surface area contributed by atoms with Crippen molar-refractivity contribution in [1.82, 2.24) is 9.47 Å². The minimum absolute atomic E-state index is 0.0149. The Hall–Kier alpha value is -2.30. The van der Waals surface area contributed by atoms with Crippen molar-refractivity contribution in [3.8, 4) is 0 Å². The number of pyridine rings is 1. The first kappa shape index (κ1) is 15.2. The zero-order chi connectivity index (χ0) is 16.8. The summed E-state index contributed by atoms with van der Waals surface area (Å²) in [6, 6.07) is 7.83. The number of likely N-dealkylation sites (tertiary alicyclic amines) is 1. The third-order valence-electron chi connectivity index (χ3n) is 5.55. The lowest BCUT2D eigenvalue weighted by molar-refractivity contribution is 0.0877. The van der Waals surface area contributed by atoms with Gasteiger partial charge >= 0.3 is 6.09 Å². The number of carboxylic acid groups (broad SMARTS) is 1. The number of fused-ring (bicyclic) bond motifs is 1. The van der Waals surface area contributed by atoms with Crippen molar-refractivity contribution in [2.45, 2.75) is 50.6 Å². The van der Waals surface area contributed by atoms with Crippen LogP contribution in [0.3, 0.4) is 0 Å². The van der Waals surface area contributed by atoms with Crippen LogP contribution in [0.1, 0.15) is 50.1 Å². The molecule has 1 amide bonds. The lowest BCUT2D eigenvalue weighted by atomic mass is 9.97. The Balaban J connectivity index is 1.74. The second-order valence-electron chi connectivity index (χ2n) is 7.08. The van der Waals surface area contributed by atoms with E-state index in [1.165, 1.54) is 23.3 Å². The molecule has 1 aromatic carbocycles. The minimum Gasteiger partial charge on any atom is -0.465 e. The zero-order valence-electron chi connectivity index (χ0n) is 13.8. The summed E-state index contributed by atoms with van der Waals surface area (Å²) < 4.78 is 1.74. The van der Waals surface area contributed by atoms with Crippen LogP contribution in [0.25, 0.3) is 10.8 Å². The van der Waals surface area contributed by atoms with Crippen molar-refractivity contribution in [3.05, 3.63) is 46.4 Å². The maximum Gasteiger partial charge on any atom is 0.407 e. The molecular weight excluding hydrogens is 304 g/mol. The van der Waals surface area contributed by atoms with Crippen molar-refractivity contribution in [1.29, 1.82) is 0 Å². The number of amides is 1. The second kappa shape index (κ2) is 5.65. The third kappa shape index (κ3) is 2.48. The predicted molar refractivity (Wildman–Crippen MR) is 92.6 cm³/mol. The van der Waals surface area contributed by atoms with E-state index in [4.69, 9.17) is 0 Å². The van der Waals surface area contributed by atoms with E-state index in [0.717, 1.165) is 23.6 Å². The Kier molecular flexibility index (Phi) is 3.59. The van der Waals surface area contributed by atoms with E-state index in [1.807, 2.05) is 25.3 Å².